The van der Waals surface area contributed by atoms with Crippen molar-refractivity contribution in [3.8, 4) is 6.07 Å². The Kier molecular flexibility index (Phi) is 3.43. The minimum absolute atomic E-state index is 0.01000. The Morgan fingerprint density at radius 3 is 2.71 bits per heavy atom. The van der Waals surface area contributed by atoms with Gasteiger partial charge in [-0.3, -0.25) is 4.79 Å². The number of rotatable bonds is 2. The van der Waals surface area contributed by atoms with Gasteiger partial charge in [-0.05, 0) is 31.0 Å². The Morgan fingerprint density at radius 1 is 1.57 bits per heavy atom. The summed E-state index contributed by atoms with van der Waals surface area (Å²) >= 11 is 3.29. The van der Waals surface area contributed by atoms with Crippen LogP contribution in [0.25, 0.3) is 0 Å². The average molecular weight is 252 g/mol. The quantitative estimate of drug-likeness (QED) is 0.759. The molecule has 0 aliphatic heterocycles. The molecule has 0 bridgehead atoms. The van der Waals surface area contributed by atoms with Crippen molar-refractivity contribution in [2.75, 3.05) is 0 Å². The summed E-state index contributed by atoms with van der Waals surface area (Å²) in [4.78, 5) is 10.8. The Labute approximate surface area is 91.7 Å². The first-order valence-corrected chi connectivity index (χ1v) is 5.13. The van der Waals surface area contributed by atoms with Crippen LogP contribution in [0.4, 0.5) is 0 Å². The topological polar surface area (TPSA) is 40.9 Å². The van der Waals surface area contributed by atoms with Crippen molar-refractivity contribution in [2.24, 2.45) is 0 Å². The number of nitrogens with zero attached hydrogens (tertiary/aromatic N) is 1. The van der Waals surface area contributed by atoms with Crippen molar-refractivity contribution >= 4 is 21.7 Å². The Bertz CT molecular complexity index is 406. The largest absolute Gasteiger partial charge is 0.298 e. The predicted octanol–water partition coefficient (Wildman–Crippen LogP) is 2.89. The first-order valence-electron chi connectivity index (χ1n) is 4.22. The van der Waals surface area contributed by atoms with E-state index < -0.39 is 0 Å². The molecule has 14 heavy (non-hydrogen) atoms. The molecular weight excluding hydrogens is 242 g/mol. The van der Waals surface area contributed by atoms with Gasteiger partial charge in [-0.25, -0.2) is 0 Å². The Balaban J connectivity index is 3.32. The zero-order chi connectivity index (χ0) is 10.7. The van der Waals surface area contributed by atoms with Crippen LogP contribution < -0.4 is 0 Å². The fourth-order valence-electron chi connectivity index (χ4n) is 1.32. The van der Waals surface area contributed by atoms with Crippen molar-refractivity contribution in [3.63, 3.8) is 0 Å². The molecule has 1 rings (SSSR count). The summed E-state index contributed by atoms with van der Waals surface area (Å²) in [7, 11) is 0. The van der Waals surface area contributed by atoms with Crippen molar-refractivity contribution < 1.29 is 4.79 Å². The number of carbonyl (C=O) groups excluding carboxylic acids is 1. The molecule has 72 valence electrons. The highest BCUT2D eigenvalue weighted by Gasteiger charge is 2.18. The summed E-state index contributed by atoms with van der Waals surface area (Å²) < 4.78 is 0. The van der Waals surface area contributed by atoms with E-state index in [1.54, 1.807) is 6.07 Å². The molecule has 3 heteroatoms. The number of benzene rings is 1. The third kappa shape index (κ3) is 2.02. The van der Waals surface area contributed by atoms with Crippen LogP contribution in [-0.2, 0) is 4.79 Å². The van der Waals surface area contributed by atoms with Crippen LogP contribution in [0.3, 0.4) is 0 Å². The lowest BCUT2D eigenvalue weighted by molar-refractivity contribution is -0.116. The smallest absolute Gasteiger partial charge is 0.147 e. The van der Waals surface area contributed by atoms with Gasteiger partial charge in [-0.2, -0.15) is 5.26 Å². The normalized spacial score (nSPS) is 11.9. The number of nitriles is 1. The van der Waals surface area contributed by atoms with E-state index in [9.17, 15) is 4.79 Å². The van der Waals surface area contributed by atoms with Crippen LogP contribution in [0, 0.1) is 18.3 Å². The van der Waals surface area contributed by atoms with Gasteiger partial charge in [0.05, 0.1) is 16.5 Å². The molecule has 0 saturated heterocycles. The Morgan fingerprint density at radius 2 is 2.21 bits per heavy atom. The minimum Gasteiger partial charge on any atom is -0.298 e. The number of Topliss-reactive ketones (excluding diaryl/α,β-unsaturated/α-hetero) is 1. The lowest BCUT2D eigenvalue weighted by Gasteiger charge is -2.11. The van der Waals surface area contributed by atoms with Gasteiger partial charge in [-0.1, -0.05) is 28.1 Å². The van der Waals surface area contributed by atoms with Crippen molar-refractivity contribution in [3.05, 3.63) is 34.9 Å². The number of aryl methyl sites for hydroxylation is 1. The fraction of sp³-hybridized carbons (Fsp3) is 0.273. The molecule has 0 aliphatic rings. The van der Waals surface area contributed by atoms with Gasteiger partial charge in [0.1, 0.15) is 5.78 Å². The summed E-state index contributed by atoms with van der Waals surface area (Å²) in [6, 6.07) is 7.52. The number of halogens is 1. The molecule has 0 spiro atoms. The van der Waals surface area contributed by atoms with E-state index in [0.29, 0.717) is 5.56 Å². The Hall–Kier alpha value is -1.14. The molecule has 1 unspecified atom stereocenters. The van der Waals surface area contributed by atoms with Crippen molar-refractivity contribution in [2.45, 2.75) is 18.7 Å². The second kappa shape index (κ2) is 4.39. The molecular formula is C11H10BrNO. The third-order valence-electron chi connectivity index (χ3n) is 2.05. The summed E-state index contributed by atoms with van der Waals surface area (Å²) in [6.07, 6.45) is 0. The number of alkyl halides is 1. The van der Waals surface area contributed by atoms with E-state index in [-0.39, 0.29) is 10.6 Å². The van der Waals surface area contributed by atoms with Gasteiger partial charge in [0.2, 0.25) is 0 Å². The van der Waals surface area contributed by atoms with Gasteiger partial charge >= 0.3 is 0 Å². The summed E-state index contributed by atoms with van der Waals surface area (Å²) in [5.74, 6) is 0.01000. The summed E-state index contributed by atoms with van der Waals surface area (Å²) in [6.45, 7) is 3.40. The molecule has 0 saturated carbocycles. The van der Waals surface area contributed by atoms with E-state index in [4.69, 9.17) is 5.26 Å². The highest BCUT2D eigenvalue weighted by atomic mass is 79.9. The molecule has 1 aromatic carbocycles. The van der Waals surface area contributed by atoms with Crippen LogP contribution in [-0.4, -0.2) is 5.78 Å². The van der Waals surface area contributed by atoms with Crippen LogP contribution in [0.1, 0.15) is 28.4 Å². The van der Waals surface area contributed by atoms with Crippen molar-refractivity contribution in [1.82, 2.24) is 0 Å². The second-order valence-corrected chi connectivity index (χ2v) is 4.04. The maximum absolute atomic E-state index is 11.2. The van der Waals surface area contributed by atoms with E-state index in [1.165, 1.54) is 6.92 Å². The highest BCUT2D eigenvalue weighted by molar-refractivity contribution is 9.09. The third-order valence-corrected chi connectivity index (χ3v) is 3.16. The van der Waals surface area contributed by atoms with Gasteiger partial charge in [0.15, 0.2) is 0 Å². The zero-order valence-corrected chi connectivity index (χ0v) is 9.63. The average Bonchev–Trinajstić information content (AvgIpc) is 2.16. The molecule has 0 heterocycles. The standard InChI is InChI=1S/C11H10BrNO/c1-7-4-3-5-9(6-13)10(7)11(12)8(2)14/h3-5,11H,1-2H3. The first kappa shape index (κ1) is 10.9. The number of carbonyl (C=O) groups is 1. The van der Waals surface area contributed by atoms with Crippen LogP contribution in [0.2, 0.25) is 0 Å². The molecule has 0 fully saturated rings. The molecule has 0 aromatic heterocycles. The SMILES string of the molecule is CC(=O)C(Br)c1c(C)cccc1C#N. The first-order chi connectivity index (χ1) is 6.57. The lowest BCUT2D eigenvalue weighted by Crippen LogP contribution is -2.05. The van der Waals surface area contributed by atoms with E-state index in [0.717, 1.165) is 11.1 Å². The van der Waals surface area contributed by atoms with Crippen molar-refractivity contribution in [1.29, 1.82) is 5.26 Å². The zero-order valence-electron chi connectivity index (χ0n) is 8.04. The van der Waals surface area contributed by atoms with E-state index in [1.807, 2.05) is 19.1 Å². The highest BCUT2D eigenvalue weighted by Crippen LogP contribution is 2.29. The monoisotopic (exact) mass is 251 g/mol. The van der Waals surface area contributed by atoms with Crippen LogP contribution in [0.15, 0.2) is 18.2 Å². The van der Waals surface area contributed by atoms with E-state index >= 15 is 0 Å². The number of ketones is 1. The number of hydrogen-bond acceptors (Lipinski definition) is 2. The molecule has 0 amide bonds. The van der Waals surface area contributed by atoms with E-state index in [2.05, 4.69) is 22.0 Å². The minimum atomic E-state index is -0.377. The van der Waals surface area contributed by atoms with Gasteiger partial charge in [-0.15, -0.1) is 0 Å². The molecule has 0 radical (unpaired) electrons. The second-order valence-electron chi connectivity index (χ2n) is 3.12. The molecule has 1 aromatic rings. The fourth-order valence-corrected chi connectivity index (χ4v) is 1.93. The van der Waals surface area contributed by atoms with Gasteiger partial charge < -0.3 is 0 Å². The summed E-state index contributed by atoms with van der Waals surface area (Å²) in [5.41, 5.74) is 2.30. The predicted molar refractivity (Wildman–Crippen MR) is 58.2 cm³/mol. The number of hydrogen-bond donors (Lipinski definition) is 0. The maximum atomic E-state index is 11.2. The van der Waals surface area contributed by atoms with Crippen LogP contribution in [0.5, 0.6) is 0 Å². The maximum Gasteiger partial charge on any atom is 0.147 e. The lowest BCUT2D eigenvalue weighted by atomic mass is 9.98. The molecule has 2 nitrogen and oxygen atoms in total. The van der Waals surface area contributed by atoms with Crippen LogP contribution >= 0.6 is 15.9 Å². The molecule has 1 atom stereocenters. The molecule has 0 aliphatic carbocycles. The van der Waals surface area contributed by atoms with Gasteiger partial charge in [0, 0.05) is 0 Å². The van der Waals surface area contributed by atoms with Gasteiger partial charge in [0.25, 0.3) is 0 Å². The summed E-state index contributed by atoms with van der Waals surface area (Å²) in [5, 5.41) is 8.89. The molecule has 0 N–H and O–H groups in total.